The molecule has 0 amide bonds. The van der Waals surface area contributed by atoms with E-state index in [2.05, 4.69) is 17.2 Å². The minimum absolute atomic E-state index is 0.255. The van der Waals surface area contributed by atoms with Crippen molar-refractivity contribution in [1.29, 1.82) is 0 Å². The van der Waals surface area contributed by atoms with Crippen molar-refractivity contribution in [2.45, 2.75) is 19.8 Å². The second-order valence-electron chi connectivity index (χ2n) is 4.93. The number of halogens is 2. The molecule has 2 aromatic carbocycles. The molecular weight excluding hydrogens is 284 g/mol. The quantitative estimate of drug-likeness (QED) is 0.656. The summed E-state index contributed by atoms with van der Waals surface area (Å²) in [5.41, 5.74) is 8.15. The Morgan fingerprint density at radius 1 is 1.18 bits per heavy atom. The van der Waals surface area contributed by atoms with Gasteiger partial charge in [0.05, 0.1) is 0 Å². The van der Waals surface area contributed by atoms with Gasteiger partial charge < -0.3 is 11.1 Å². The van der Waals surface area contributed by atoms with Gasteiger partial charge in [-0.3, -0.25) is 4.99 Å². The standard InChI is InChI=1S/C17H19F2N3/c1-2-12-4-3-5-15(10-12)22-17(20)21-9-8-13-11-14(18)6-7-16(13)19/h3-7,10-11H,2,8-9H2,1H3,(H3,20,21,22). The molecule has 0 saturated carbocycles. The average Bonchev–Trinajstić information content (AvgIpc) is 2.51. The summed E-state index contributed by atoms with van der Waals surface area (Å²) in [6.45, 7) is 2.36. The van der Waals surface area contributed by atoms with Crippen molar-refractivity contribution in [2.75, 3.05) is 11.9 Å². The fourth-order valence-electron chi connectivity index (χ4n) is 2.09. The molecule has 0 aliphatic carbocycles. The van der Waals surface area contributed by atoms with Gasteiger partial charge in [-0.15, -0.1) is 0 Å². The van der Waals surface area contributed by atoms with Gasteiger partial charge in [0.25, 0.3) is 0 Å². The van der Waals surface area contributed by atoms with Crippen LogP contribution in [0.1, 0.15) is 18.1 Å². The molecule has 116 valence electrons. The first-order valence-electron chi connectivity index (χ1n) is 7.18. The first-order chi connectivity index (χ1) is 10.6. The molecule has 0 aliphatic rings. The Morgan fingerprint density at radius 3 is 2.77 bits per heavy atom. The number of nitrogens with one attached hydrogen (secondary N) is 1. The van der Waals surface area contributed by atoms with E-state index in [1.165, 1.54) is 11.6 Å². The van der Waals surface area contributed by atoms with Crippen LogP contribution in [0.5, 0.6) is 0 Å². The third-order valence-electron chi connectivity index (χ3n) is 3.28. The molecule has 2 aromatic rings. The summed E-state index contributed by atoms with van der Waals surface area (Å²) in [6, 6.07) is 11.3. The molecule has 0 spiro atoms. The van der Waals surface area contributed by atoms with Gasteiger partial charge >= 0.3 is 0 Å². The Labute approximate surface area is 128 Å². The maximum atomic E-state index is 13.5. The summed E-state index contributed by atoms with van der Waals surface area (Å²) in [7, 11) is 0. The van der Waals surface area contributed by atoms with Crippen LogP contribution in [0.15, 0.2) is 47.5 Å². The summed E-state index contributed by atoms with van der Waals surface area (Å²) in [6.07, 6.45) is 1.23. The zero-order valence-corrected chi connectivity index (χ0v) is 12.4. The second kappa shape index (κ2) is 7.54. The van der Waals surface area contributed by atoms with Crippen molar-refractivity contribution < 1.29 is 8.78 Å². The van der Waals surface area contributed by atoms with Crippen molar-refractivity contribution in [3.05, 3.63) is 65.2 Å². The second-order valence-corrected chi connectivity index (χ2v) is 4.93. The van der Waals surface area contributed by atoms with E-state index in [0.717, 1.165) is 24.2 Å². The van der Waals surface area contributed by atoms with Crippen LogP contribution < -0.4 is 11.1 Å². The summed E-state index contributed by atoms with van der Waals surface area (Å²) >= 11 is 0. The van der Waals surface area contributed by atoms with Crippen molar-refractivity contribution in [3.63, 3.8) is 0 Å². The number of hydrogen-bond donors (Lipinski definition) is 2. The van der Waals surface area contributed by atoms with Gasteiger partial charge in [-0.1, -0.05) is 19.1 Å². The van der Waals surface area contributed by atoms with Gasteiger partial charge in [0.2, 0.25) is 0 Å². The lowest BCUT2D eigenvalue weighted by molar-refractivity contribution is 0.585. The Balaban J connectivity index is 1.93. The zero-order valence-electron chi connectivity index (χ0n) is 12.4. The monoisotopic (exact) mass is 303 g/mol. The molecule has 0 unspecified atom stereocenters. The maximum absolute atomic E-state index is 13.5. The molecule has 0 radical (unpaired) electrons. The van der Waals surface area contributed by atoms with Gasteiger partial charge in [0.15, 0.2) is 5.96 Å². The minimum Gasteiger partial charge on any atom is -0.370 e. The first-order valence-corrected chi connectivity index (χ1v) is 7.18. The average molecular weight is 303 g/mol. The number of nitrogens with two attached hydrogens (primary N) is 1. The van der Waals surface area contributed by atoms with E-state index in [0.29, 0.717) is 12.0 Å². The largest absolute Gasteiger partial charge is 0.370 e. The van der Waals surface area contributed by atoms with Gasteiger partial charge in [-0.25, -0.2) is 8.78 Å². The van der Waals surface area contributed by atoms with E-state index in [1.54, 1.807) is 0 Å². The molecule has 0 aliphatic heterocycles. The van der Waals surface area contributed by atoms with E-state index in [4.69, 9.17) is 5.73 Å². The van der Waals surface area contributed by atoms with Crippen molar-refractivity contribution >= 4 is 11.6 Å². The van der Waals surface area contributed by atoms with Crippen LogP contribution in [0.4, 0.5) is 14.5 Å². The Hall–Kier alpha value is -2.43. The number of nitrogens with zero attached hydrogens (tertiary/aromatic N) is 1. The number of aryl methyl sites for hydroxylation is 1. The normalized spacial score (nSPS) is 11.5. The van der Waals surface area contributed by atoms with Crippen molar-refractivity contribution in [2.24, 2.45) is 10.7 Å². The number of guanidine groups is 1. The molecule has 22 heavy (non-hydrogen) atoms. The lowest BCUT2D eigenvalue weighted by atomic mass is 10.1. The highest BCUT2D eigenvalue weighted by Crippen LogP contribution is 2.12. The number of hydrogen-bond acceptors (Lipinski definition) is 1. The maximum Gasteiger partial charge on any atom is 0.193 e. The molecule has 0 aromatic heterocycles. The van der Waals surface area contributed by atoms with Crippen molar-refractivity contribution in [1.82, 2.24) is 0 Å². The molecular formula is C17H19F2N3. The molecule has 0 heterocycles. The molecule has 0 saturated heterocycles. The predicted molar refractivity (Wildman–Crippen MR) is 86.0 cm³/mol. The highest BCUT2D eigenvalue weighted by atomic mass is 19.1. The molecule has 2 rings (SSSR count). The predicted octanol–water partition coefficient (Wildman–Crippen LogP) is 3.50. The molecule has 3 N–H and O–H groups in total. The number of rotatable bonds is 5. The minimum atomic E-state index is -0.456. The van der Waals surface area contributed by atoms with E-state index < -0.39 is 11.6 Å². The smallest absolute Gasteiger partial charge is 0.193 e. The fraction of sp³-hybridized carbons (Fsp3) is 0.235. The molecule has 0 bridgehead atoms. The van der Waals surface area contributed by atoms with E-state index in [-0.39, 0.29) is 12.5 Å². The Bertz CT molecular complexity index is 669. The highest BCUT2D eigenvalue weighted by Gasteiger charge is 2.03. The number of benzene rings is 2. The Morgan fingerprint density at radius 2 is 2.00 bits per heavy atom. The summed E-state index contributed by atoms with van der Waals surface area (Å²) < 4.78 is 26.5. The summed E-state index contributed by atoms with van der Waals surface area (Å²) in [5, 5.41) is 2.99. The molecule has 0 fully saturated rings. The van der Waals surface area contributed by atoms with Crippen LogP contribution in [-0.4, -0.2) is 12.5 Å². The molecule has 3 nitrogen and oxygen atoms in total. The van der Waals surface area contributed by atoms with Crippen molar-refractivity contribution in [3.8, 4) is 0 Å². The van der Waals surface area contributed by atoms with Gasteiger partial charge in [-0.2, -0.15) is 0 Å². The van der Waals surface area contributed by atoms with Crippen LogP contribution in [0, 0.1) is 11.6 Å². The highest BCUT2D eigenvalue weighted by molar-refractivity contribution is 5.92. The summed E-state index contributed by atoms with van der Waals surface area (Å²) in [5.74, 6) is -0.633. The number of anilines is 1. The zero-order chi connectivity index (χ0) is 15.9. The molecule has 5 heteroatoms. The SMILES string of the molecule is CCc1cccc(NC(N)=NCCc2cc(F)ccc2F)c1. The van der Waals surface area contributed by atoms with E-state index in [1.807, 2.05) is 24.3 Å². The van der Waals surface area contributed by atoms with Gasteiger partial charge in [0, 0.05) is 12.2 Å². The van der Waals surface area contributed by atoms with Crippen LogP contribution in [0.3, 0.4) is 0 Å². The van der Waals surface area contributed by atoms with E-state index >= 15 is 0 Å². The lowest BCUT2D eigenvalue weighted by Crippen LogP contribution is -2.23. The molecule has 0 atom stereocenters. The van der Waals surface area contributed by atoms with E-state index in [9.17, 15) is 8.78 Å². The van der Waals surface area contributed by atoms with Crippen LogP contribution >= 0.6 is 0 Å². The van der Waals surface area contributed by atoms with Gasteiger partial charge in [-0.05, 0) is 54.3 Å². The van der Waals surface area contributed by atoms with Crippen LogP contribution in [0.2, 0.25) is 0 Å². The topological polar surface area (TPSA) is 50.4 Å². The third kappa shape index (κ3) is 4.55. The third-order valence-corrected chi connectivity index (χ3v) is 3.28. The first kappa shape index (κ1) is 15.9. The lowest BCUT2D eigenvalue weighted by Gasteiger charge is -2.07. The van der Waals surface area contributed by atoms with Crippen LogP contribution in [0.25, 0.3) is 0 Å². The number of aliphatic imine (C=N–C) groups is 1. The fourth-order valence-corrected chi connectivity index (χ4v) is 2.09. The summed E-state index contributed by atoms with van der Waals surface area (Å²) in [4.78, 5) is 4.14. The Kier molecular flexibility index (Phi) is 5.47. The van der Waals surface area contributed by atoms with Gasteiger partial charge in [0.1, 0.15) is 11.6 Å². The van der Waals surface area contributed by atoms with Crippen LogP contribution in [-0.2, 0) is 12.8 Å².